The van der Waals surface area contributed by atoms with Gasteiger partial charge in [0.25, 0.3) is 0 Å². The highest BCUT2D eigenvalue weighted by Gasteiger charge is 2.22. The van der Waals surface area contributed by atoms with E-state index in [9.17, 15) is 14.7 Å². The van der Waals surface area contributed by atoms with Gasteiger partial charge in [0, 0.05) is 0 Å². The molecule has 0 bridgehead atoms. The molecule has 2 atom stereocenters. The molecule has 2 N–H and O–H groups in total. The molecule has 1 amide bonds. The van der Waals surface area contributed by atoms with Crippen molar-refractivity contribution in [2.75, 3.05) is 13.7 Å². The Labute approximate surface area is 112 Å². The van der Waals surface area contributed by atoms with Gasteiger partial charge in [-0.2, -0.15) is 0 Å². The Hall–Kier alpha value is -1.88. The van der Waals surface area contributed by atoms with E-state index in [0.29, 0.717) is 6.42 Å². The molecule has 104 valence electrons. The Bertz CT molecular complexity index is 419. The molecule has 5 heteroatoms. The number of hydrogen-bond donors (Lipinski definition) is 2. The molecule has 0 saturated carbocycles. The molecule has 0 heterocycles. The number of nitrogens with one attached hydrogen (secondary N) is 1. The second-order valence-corrected chi connectivity index (χ2v) is 4.32. The van der Waals surface area contributed by atoms with Crippen molar-refractivity contribution < 1.29 is 19.4 Å². The average Bonchev–Trinajstić information content (AvgIpc) is 2.44. The molecule has 0 aliphatic heterocycles. The standard InChI is InChI=1S/C14H19NO4/c1-10(14(18)19-2)15-13(17)12(9-16)8-11-6-4-3-5-7-11/h3-7,10,12,16H,8-9H2,1-2H3,(H,15,17). The van der Waals surface area contributed by atoms with E-state index in [-0.39, 0.29) is 12.5 Å². The van der Waals surface area contributed by atoms with E-state index in [4.69, 9.17) is 0 Å². The summed E-state index contributed by atoms with van der Waals surface area (Å²) in [6.07, 6.45) is 0.428. The summed E-state index contributed by atoms with van der Waals surface area (Å²) < 4.78 is 4.53. The Morgan fingerprint density at radius 2 is 1.95 bits per heavy atom. The maximum atomic E-state index is 11.9. The van der Waals surface area contributed by atoms with Crippen LogP contribution in [0.15, 0.2) is 30.3 Å². The lowest BCUT2D eigenvalue weighted by Crippen LogP contribution is -2.43. The molecule has 0 spiro atoms. The number of rotatable bonds is 6. The molecule has 19 heavy (non-hydrogen) atoms. The first-order valence-corrected chi connectivity index (χ1v) is 6.11. The van der Waals surface area contributed by atoms with Crippen molar-refractivity contribution in [1.82, 2.24) is 5.32 Å². The minimum atomic E-state index is -0.720. The highest BCUT2D eigenvalue weighted by molar-refractivity contribution is 5.85. The second kappa shape index (κ2) is 7.53. The van der Waals surface area contributed by atoms with Crippen LogP contribution in [-0.4, -0.2) is 36.7 Å². The second-order valence-electron chi connectivity index (χ2n) is 4.32. The van der Waals surface area contributed by atoms with E-state index >= 15 is 0 Å². The summed E-state index contributed by atoms with van der Waals surface area (Å²) in [4.78, 5) is 23.1. The van der Waals surface area contributed by atoms with E-state index < -0.39 is 17.9 Å². The van der Waals surface area contributed by atoms with Crippen molar-refractivity contribution in [2.24, 2.45) is 5.92 Å². The fraction of sp³-hybridized carbons (Fsp3) is 0.429. The summed E-state index contributed by atoms with van der Waals surface area (Å²) in [6.45, 7) is 1.27. The largest absolute Gasteiger partial charge is 0.467 e. The number of carbonyl (C=O) groups is 2. The van der Waals surface area contributed by atoms with Crippen LogP contribution in [0.25, 0.3) is 0 Å². The maximum absolute atomic E-state index is 11.9. The molecule has 0 aromatic heterocycles. The van der Waals surface area contributed by atoms with Gasteiger partial charge in [0.2, 0.25) is 5.91 Å². The van der Waals surface area contributed by atoms with Gasteiger partial charge in [-0.15, -0.1) is 0 Å². The van der Waals surface area contributed by atoms with Gasteiger partial charge in [-0.1, -0.05) is 30.3 Å². The van der Waals surface area contributed by atoms with Gasteiger partial charge in [-0.3, -0.25) is 4.79 Å². The predicted octanol–water partition coefficient (Wildman–Crippen LogP) is 0.515. The van der Waals surface area contributed by atoms with Crippen molar-refractivity contribution in [3.05, 3.63) is 35.9 Å². The van der Waals surface area contributed by atoms with E-state index in [1.54, 1.807) is 6.92 Å². The van der Waals surface area contributed by atoms with Crippen LogP contribution < -0.4 is 5.32 Å². The Balaban J connectivity index is 2.60. The van der Waals surface area contributed by atoms with Gasteiger partial charge < -0.3 is 15.2 Å². The van der Waals surface area contributed by atoms with Gasteiger partial charge in [0.15, 0.2) is 0 Å². The van der Waals surface area contributed by atoms with Gasteiger partial charge in [0.1, 0.15) is 6.04 Å². The molecule has 0 aliphatic rings. The van der Waals surface area contributed by atoms with Crippen molar-refractivity contribution in [3.8, 4) is 0 Å². The predicted molar refractivity (Wildman–Crippen MR) is 70.3 cm³/mol. The zero-order chi connectivity index (χ0) is 14.3. The number of aliphatic hydroxyl groups excluding tert-OH is 1. The monoisotopic (exact) mass is 265 g/mol. The summed E-state index contributed by atoms with van der Waals surface area (Å²) in [6, 6.07) is 8.69. The lowest BCUT2D eigenvalue weighted by Gasteiger charge is -2.17. The first-order valence-electron chi connectivity index (χ1n) is 6.11. The highest BCUT2D eigenvalue weighted by Crippen LogP contribution is 2.09. The van der Waals surface area contributed by atoms with Gasteiger partial charge in [-0.25, -0.2) is 4.79 Å². The number of esters is 1. The van der Waals surface area contributed by atoms with Crippen LogP contribution >= 0.6 is 0 Å². The molecule has 1 aromatic carbocycles. The molecule has 0 saturated heterocycles. The zero-order valence-electron chi connectivity index (χ0n) is 11.1. The molecule has 1 rings (SSSR count). The van der Waals surface area contributed by atoms with Crippen LogP contribution in [0.3, 0.4) is 0 Å². The van der Waals surface area contributed by atoms with Crippen LogP contribution in [0.4, 0.5) is 0 Å². The summed E-state index contributed by atoms with van der Waals surface area (Å²) in [5.41, 5.74) is 0.961. The van der Waals surface area contributed by atoms with Crippen LogP contribution in [0.2, 0.25) is 0 Å². The number of methoxy groups -OCH3 is 1. The topological polar surface area (TPSA) is 75.6 Å². The minimum absolute atomic E-state index is 0.269. The fourth-order valence-corrected chi connectivity index (χ4v) is 1.71. The third-order valence-corrected chi connectivity index (χ3v) is 2.83. The molecular weight excluding hydrogens is 246 g/mol. The first kappa shape index (κ1) is 15.2. The van der Waals surface area contributed by atoms with Crippen molar-refractivity contribution >= 4 is 11.9 Å². The van der Waals surface area contributed by atoms with Crippen molar-refractivity contribution in [3.63, 3.8) is 0 Å². The molecule has 0 aliphatic carbocycles. The number of ether oxygens (including phenoxy) is 1. The van der Waals surface area contributed by atoms with Gasteiger partial charge in [-0.05, 0) is 18.9 Å². The smallest absolute Gasteiger partial charge is 0.328 e. The summed E-state index contributed by atoms with van der Waals surface area (Å²) in [5.74, 6) is -1.44. The third-order valence-electron chi connectivity index (χ3n) is 2.83. The summed E-state index contributed by atoms with van der Waals surface area (Å²) in [5, 5.41) is 11.8. The van der Waals surface area contributed by atoms with Crippen molar-refractivity contribution in [1.29, 1.82) is 0 Å². The van der Waals surface area contributed by atoms with Crippen molar-refractivity contribution in [2.45, 2.75) is 19.4 Å². The molecular formula is C14H19NO4. The lowest BCUT2D eigenvalue weighted by atomic mass is 9.99. The minimum Gasteiger partial charge on any atom is -0.467 e. The van der Waals surface area contributed by atoms with Crippen LogP contribution in [0, 0.1) is 5.92 Å². The lowest BCUT2D eigenvalue weighted by molar-refractivity contribution is -0.145. The van der Waals surface area contributed by atoms with Gasteiger partial charge in [0.05, 0.1) is 19.6 Å². The van der Waals surface area contributed by atoms with E-state index in [1.807, 2.05) is 30.3 Å². The summed E-state index contributed by atoms with van der Waals surface area (Å²) in [7, 11) is 1.26. The van der Waals surface area contributed by atoms with Crippen LogP contribution in [0.1, 0.15) is 12.5 Å². The fourth-order valence-electron chi connectivity index (χ4n) is 1.71. The van der Waals surface area contributed by atoms with Gasteiger partial charge >= 0.3 is 5.97 Å². The number of carbonyl (C=O) groups excluding carboxylic acids is 2. The maximum Gasteiger partial charge on any atom is 0.328 e. The Morgan fingerprint density at radius 1 is 1.32 bits per heavy atom. The molecule has 1 aromatic rings. The SMILES string of the molecule is COC(=O)C(C)NC(=O)C(CO)Cc1ccccc1. The van der Waals surface area contributed by atoms with Crippen LogP contribution in [-0.2, 0) is 20.7 Å². The van der Waals surface area contributed by atoms with E-state index in [1.165, 1.54) is 7.11 Å². The van der Waals surface area contributed by atoms with E-state index in [0.717, 1.165) is 5.56 Å². The normalized spacial score (nSPS) is 13.4. The zero-order valence-corrected chi connectivity index (χ0v) is 11.1. The molecule has 5 nitrogen and oxygen atoms in total. The number of amides is 1. The molecule has 2 unspecified atom stereocenters. The highest BCUT2D eigenvalue weighted by atomic mass is 16.5. The molecule has 0 radical (unpaired) electrons. The average molecular weight is 265 g/mol. The number of aliphatic hydroxyl groups is 1. The quantitative estimate of drug-likeness (QED) is 0.735. The molecule has 0 fully saturated rings. The Morgan fingerprint density at radius 3 is 2.47 bits per heavy atom. The number of benzene rings is 1. The van der Waals surface area contributed by atoms with E-state index in [2.05, 4.69) is 10.1 Å². The summed E-state index contributed by atoms with van der Waals surface area (Å²) >= 11 is 0. The van der Waals surface area contributed by atoms with Crippen LogP contribution in [0.5, 0.6) is 0 Å². The number of hydrogen-bond acceptors (Lipinski definition) is 4. The third kappa shape index (κ3) is 4.71. The first-order chi connectivity index (χ1) is 9.08. The Kier molecular flexibility index (Phi) is 6.02.